The molecule has 0 spiro atoms. The van der Waals surface area contributed by atoms with Crippen LogP contribution in [-0.2, 0) is 0 Å². The molecule has 1 aromatic carbocycles. The minimum atomic E-state index is 0.299. The number of pyridine rings is 1. The van der Waals surface area contributed by atoms with Gasteiger partial charge in [0.15, 0.2) is 6.29 Å². The smallest absolute Gasteiger partial charge is 0.150 e. The summed E-state index contributed by atoms with van der Waals surface area (Å²) in [4.78, 5) is 15.8. The van der Waals surface area contributed by atoms with Gasteiger partial charge in [-0.3, -0.25) is 9.78 Å². The number of fused-ring (bicyclic) bond motifs is 1. The number of aryl methyl sites for hydroxylation is 1. The number of hydrogen-bond acceptors (Lipinski definition) is 2. The summed E-state index contributed by atoms with van der Waals surface area (Å²) in [5, 5.41) is 1.46. The number of benzene rings is 1. The van der Waals surface area contributed by atoms with Gasteiger partial charge < -0.3 is 0 Å². The Labute approximate surface area is 106 Å². The van der Waals surface area contributed by atoms with E-state index in [1.54, 1.807) is 6.07 Å². The van der Waals surface area contributed by atoms with Crippen molar-refractivity contribution in [3.63, 3.8) is 0 Å². The highest BCUT2D eigenvalue weighted by atomic mass is 35.5. The van der Waals surface area contributed by atoms with Gasteiger partial charge in [-0.2, -0.15) is 0 Å². The van der Waals surface area contributed by atoms with Gasteiger partial charge >= 0.3 is 0 Å². The molecular formula is C14H14ClNO. The maximum Gasteiger partial charge on any atom is 0.150 e. The van der Waals surface area contributed by atoms with Gasteiger partial charge in [0.1, 0.15) is 0 Å². The van der Waals surface area contributed by atoms with E-state index in [4.69, 9.17) is 11.6 Å². The van der Waals surface area contributed by atoms with Crippen LogP contribution < -0.4 is 0 Å². The average Bonchev–Trinajstić information content (AvgIpc) is 2.27. The molecule has 0 radical (unpaired) electrons. The minimum absolute atomic E-state index is 0.299. The number of rotatable bonds is 2. The zero-order chi connectivity index (χ0) is 12.6. The first kappa shape index (κ1) is 12.1. The largest absolute Gasteiger partial charge is 0.298 e. The van der Waals surface area contributed by atoms with E-state index >= 15 is 0 Å². The monoisotopic (exact) mass is 247 g/mol. The number of nitrogens with zero attached hydrogens (tertiary/aromatic N) is 1. The van der Waals surface area contributed by atoms with E-state index in [0.29, 0.717) is 16.5 Å². The highest BCUT2D eigenvalue weighted by molar-refractivity contribution is 6.31. The van der Waals surface area contributed by atoms with Crippen LogP contribution in [0.25, 0.3) is 10.9 Å². The van der Waals surface area contributed by atoms with Crippen molar-refractivity contribution in [2.75, 3.05) is 0 Å². The Hall–Kier alpha value is -1.41. The summed E-state index contributed by atoms with van der Waals surface area (Å²) < 4.78 is 0. The van der Waals surface area contributed by atoms with Crippen molar-refractivity contribution in [2.45, 2.75) is 26.7 Å². The summed E-state index contributed by atoms with van der Waals surface area (Å²) in [6.07, 6.45) is 0.867. The second kappa shape index (κ2) is 4.46. The topological polar surface area (TPSA) is 30.0 Å². The van der Waals surface area contributed by atoms with Gasteiger partial charge in [0.2, 0.25) is 0 Å². The summed E-state index contributed by atoms with van der Waals surface area (Å²) >= 11 is 6.01. The van der Waals surface area contributed by atoms with Crippen molar-refractivity contribution in [3.05, 3.63) is 40.0 Å². The fourth-order valence-electron chi connectivity index (χ4n) is 1.90. The van der Waals surface area contributed by atoms with E-state index < -0.39 is 0 Å². The normalized spacial score (nSPS) is 11.1. The maximum atomic E-state index is 11.1. The number of carbonyl (C=O) groups is 1. The number of carbonyl (C=O) groups excluding carboxylic acids is 1. The lowest BCUT2D eigenvalue weighted by molar-refractivity contribution is 0.112. The lowest BCUT2D eigenvalue weighted by Gasteiger charge is -2.10. The van der Waals surface area contributed by atoms with Crippen molar-refractivity contribution < 1.29 is 4.79 Å². The third kappa shape index (κ3) is 2.18. The molecule has 0 aliphatic carbocycles. The highest BCUT2D eigenvalue weighted by Crippen LogP contribution is 2.27. The number of aromatic nitrogens is 1. The molecule has 0 aliphatic heterocycles. The summed E-state index contributed by atoms with van der Waals surface area (Å²) in [7, 11) is 0. The van der Waals surface area contributed by atoms with Crippen LogP contribution in [0.4, 0.5) is 0 Å². The summed E-state index contributed by atoms with van der Waals surface area (Å²) in [6.45, 7) is 6.09. The third-order valence-corrected chi connectivity index (χ3v) is 3.06. The highest BCUT2D eigenvalue weighted by Gasteiger charge is 2.10. The molecule has 1 heterocycles. The summed E-state index contributed by atoms with van der Waals surface area (Å²) in [5.41, 5.74) is 3.45. The summed E-state index contributed by atoms with van der Waals surface area (Å²) in [5.74, 6) is 0.299. The molecule has 0 aliphatic rings. The molecule has 17 heavy (non-hydrogen) atoms. The van der Waals surface area contributed by atoms with E-state index in [9.17, 15) is 4.79 Å². The lowest BCUT2D eigenvalue weighted by Crippen LogP contribution is -1.98. The SMILES string of the molecule is Cc1cc(Cl)cc2c(C=O)cc(C(C)C)nc12. The van der Waals surface area contributed by atoms with Gasteiger partial charge in [-0.05, 0) is 36.6 Å². The molecule has 0 atom stereocenters. The van der Waals surface area contributed by atoms with Gasteiger partial charge in [0.05, 0.1) is 5.52 Å². The maximum absolute atomic E-state index is 11.1. The second-order valence-electron chi connectivity index (χ2n) is 4.53. The van der Waals surface area contributed by atoms with E-state index in [1.807, 2.05) is 19.1 Å². The molecule has 0 unspecified atom stereocenters. The Morgan fingerprint density at radius 2 is 2.00 bits per heavy atom. The molecule has 2 nitrogen and oxygen atoms in total. The third-order valence-electron chi connectivity index (χ3n) is 2.84. The first-order valence-corrected chi connectivity index (χ1v) is 5.96. The standard InChI is InChI=1S/C14H14ClNO/c1-8(2)13-5-10(7-17)12-6-11(15)4-9(3)14(12)16-13/h4-8H,1-3H3. The molecule has 0 N–H and O–H groups in total. The molecule has 0 saturated heterocycles. The van der Waals surface area contributed by atoms with Crippen molar-refractivity contribution >= 4 is 28.8 Å². The zero-order valence-corrected chi connectivity index (χ0v) is 10.9. The Bertz CT molecular complexity index is 590. The molecule has 88 valence electrons. The van der Waals surface area contributed by atoms with Gasteiger partial charge in [-0.1, -0.05) is 25.4 Å². The first-order valence-electron chi connectivity index (χ1n) is 5.59. The average molecular weight is 248 g/mol. The number of hydrogen-bond donors (Lipinski definition) is 0. The van der Waals surface area contributed by atoms with Gasteiger partial charge in [0.25, 0.3) is 0 Å². The quantitative estimate of drug-likeness (QED) is 0.747. The minimum Gasteiger partial charge on any atom is -0.298 e. The van der Waals surface area contributed by atoms with Crippen LogP contribution in [0.3, 0.4) is 0 Å². The lowest BCUT2D eigenvalue weighted by atomic mass is 10.0. The van der Waals surface area contributed by atoms with Crippen molar-refractivity contribution in [3.8, 4) is 0 Å². The van der Waals surface area contributed by atoms with Crippen molar-refractivity contribution in [1.82, 2.24) is 4.98 Å². The van der Waals surface area contributed by atoms with Crippen LogP contribution >= 0.6 is 11.6 Å². The van der Waals surface area contributed by atoms with Crippen LogP contribution in [0.2, 0.25) is 5.02 Å². The predicted molar refractivity (Wildman–Crippen MR) is 71.0 cm³/mol. The molecule has 0 saturated carbocycles. The Kier molecular flexibility index (Phi) is 3.16. The van der Waals surface area contributed by atoms with E-state index in [1.165, 1.54) is 0 Å². The van der Waals surface area contributed by atoms with E-state index in [0.717, 1.165) is 28.4 Å². The van der Waals surface area contributed by atoms with Crippen LogP contribution in [-0.4, -0.2) is 11.3 Å². The van der Waals surface area contributed by atoms with Crippen LogP contribution in [0, 0.1) is 6.92 Å². The van der Waals surface area contributed by atoms with Gasteiger partial charge in [0, 0.05) is 21.7 Å². The van der Waals surface area contributed by atoms with Crippen LogP contribution in [0.15, 0.2) is 18.2 Å². The molecular weight excluding hydrogens is 234 g/mol. The number of aldehydes is 1. The Morgan fingerprint density at radius 3 is 2.59 bits per heavy atom. The zero-order valence-electron chi connectivity index (χ0n) is 10.1. The van der Waals surface area contributed by atoms with Crippen LogP contribution in [0.5, 0.6) is 0 Å². The first-order chi connectivity index (χ1) is 8.02. The summed E-state index contributed by atoms with van der Waals surface area (Å²) in [6, 6.07) is 5.51. The Morgan fingerprint density at radius 1 is 1.29 bits per heavy atom. The molecule has 2 aromatic rings. The van der Waals surface area contributed by atoms with Crippen LogP contribution in [0.1, 0.15) is 41.4 Å². The predicted octanol–water partition coefficient (Wildman–Crippen LogP) is 4.13. The van der Waals surface area contributed by atoms with Gasteiger partial charge in [-0.15, -0.1) is 0 Å². The Balaban J connectivity index is 2.87. The number of halogens is 1. The van der Waals surface area contributed by atoms with Gasteiger partial charge in [-0.25, -0.2) is 0 Å². The van der Waals surface area contributed by atoms with E-state index in [2.05, 4.69) is 18.8 Å². The molecule has 0 amide bonds. The van der Waals surface area contributed by atoms with E-state index in [-0.39, 0.29) is 0 Å². The molecule has 3 heteroatoms. The molecule has 0 fully saturated rings. The fraction of sp³-hybridized carbons (Fsp3) is 0.286. The molecule has 1 aromatic heterocycles. The second-order valence-corrected chi connectivity index (χ2v) is 4.96. The fourth-order valence-corrected chi connectivity index (χ4v) is 2.17. The van der Waals surface area contributed by atoms with Crippen molar-refractivity contribution in [1.29, 1.82) is 0 Å². The molecule has 2 rings (SSSR count). The molecule has 0 bridgehead atoms. The van der Waals surface area contributed by atoms with Crippen molar-refractivity contribution in [2.24, 2.45) is 0 Å².